The molecule has 6 aromatic carbocycles. The zero-order chi connectivity index (χ0) is 29.9. The lowest BCUT2D eigenvalue weighted by molar-refractivity contribution is 0.621. The molecule has 10 rings (SSSR count). The molecule has 0 spiro atoms. The fourth-order valence-electron chi connectivity index (χ4n) is 7.76. The van der Waals surface area contributed by atoms with E-state index in [1.54, 1.807) is 0 Å². The Morgan fingerprint density at radius 3 is 2.18 bits per heavy atom. The average molecular weight is 578 g/mol. The van der Waals surface area contributed by atoms with Gasteiger partial charge in [-0.2, -0.15) is 0 Å². The van der Waals surface area contributed by atoms with Crippen LogP contribution in [0.25, 0.3) is 83.0 Å². The number of rotatable bonds is 2. The van der Waals surface area contributed by atoms with Gasteiger partial charge in [0, 0.05) is 43.7 Å². The van der Waals surface area contributed by atoms with Crippen molar-refractivity contribution < 1.29 is 4.42 Å². The minimum Gasteiger partial charge on any atom is -0.453 e. The predicted octanol–water partition coefficient (Wildman–Crippen LogP) is 10.6. The number of furan rings is 1. The van der Waals surface area contributed by atoms with E-state index in [1.165, 1.54) is 27.5 Å². The van der Waals surface area contributed by atoms with Crippen molar-refractivity contribution in [3.05, 3.63) is 139 Å². The number of hydrogen-bond acceptors (Lipinski definition) is 3. The van der Waals surface area contributed by atoms with Gasteiger partial charge in [0.05, 0.1) is 16.7 Å². The Kier molecular flexibility index (Phi) is 4.76. The molecule has 0 bridgehead atoms. The molecular weight excluding hydrogens is 550 g/mol. The van der Waals surface area contributed by atoms with Crippen molar-refractivity contribution in [3.63, 3.8) is 0 Å². The second-order valence-electron chi connectivity index (χ2n) is 12.6. The Morgan fingerprint density at radius 1 is 0.600 bits per heavy atom. The van der Waals surface area contributed by atoms with Gasteiger partial charge in [0.2, 0.25) is 5.95 Å². The molecule has 0 saturated heterocycles. The van der Waals surface area contributed by atoms with Crippen molar-refractivity contribution in [1.82, 2.24) is 14.5 Å². The van der Waals surface area contributed by atoms with Gasteiger partial charge < -0.3 is 4.42 Å². The van der Waals surface area contributed by atoms with Crippen LogP contribution < -0.4 is 0 Å². The van der Waals surface area contributed by atoms with E-state index >= 15 is 0 Å². The summed E-state index contributed by atoms with van der Waals surface area (Å²) < 4.78 is 9.32. The van der Waals surface area contributed by atoms with E-state index < -0.39 is 0 Å². The molecule has 0 fully saturated rings. The normalized spacial score (nSPS) is 13.7. The van der Waals surface area contributed by atoms with Gasteiger partial charge in [-0.25, -0.2) is 9.97 Å². The van der Waals surface area contributed by atoms with E-state index in [2.05, 4.69) is 134 Å². The van der Waals surface area contributed by atoms with Crippen molar-refractivity contribution in [1.29, 1.82) is 0 Å². The number of para-hydroxylation sites is 2. The van der Waals surface area contributed by atoms with Crippen LogP contribution >= 0.6 is 0 Å². The first-order valence-electron chi connectivity index (χ1n) is 15.4. The smallest absolute Gasteiger partial charge is 0.235 e. The Morgan fingerprint density at radius 2 is 1.31 bits per heavy atom. The molecule has 9 aromatic rings. The average Bonchev–Trinajstić information content (AvgIpc) is 3.71. The molecule has 0 amide bonds. The van der Waals surface area contributed by atoms with Gasteiger partial charge in [-0.15, -0.1) is 0 Å². The number of hydrogen-bond donors (Lipinski definition) is 0. The second kappa shape index (κ2) is 8.67. The van der Waals surface area contributed by atoms with Crippen molar-refractivity contribution in [2.75, 3.05) is 0 Å². The van der Waals surface area contributed by atoms with E-state index in [9.17, 15) is 0 Å². The van der Waals surface area contributed by atoms with Gasteiger partial charge in [0.25, 0.3) is 0 Å². The first-order valence-corrected chi connectivity index (χ1v) is 15.4. The van der Waals surface area contributed by atoms with Crippen molar-refractivity contribution in [2.45, 2.75) is 19.3 Å². The van der Waals surface area contributed by atoms with Crippen LogP contribution in [0.5, 0.6) is 0 Å². The van der Waals surface area contributed by atoms with E-state index in [-0.39, 0.29) is 5.41 Å². The van der Waals surface area contributed by atoms with Gasteiger partial charge in [-0.1, -0.05) is 129 Å². The van der Waals surface area contributed by atoms with E-state index in [0.717, 1.165) is 60.7 Å². The number of fused-ring (bicyclic) bond motifs is 12. The lowest BCUT2D eigenvalue weighted by Gasteiger charge is -2.21. The Bertz CT molecular complexity index is 2680. The molecule has 212 valence electrons. The number of aromatic nitrogens is 3. The van der Waals surface area contributed by atoms with Crippen LogP contribution in [-0.4, -0.2) is 14.5 Å². The maximum Gasteiger partial charge on any atom is 0.235 e. The van der Waals surface area contributed by atoms with Crippen LogP contribution in [0.15, 0.2) is 132 Å². The third-order valence-corrected chi connectivity index (χ3v) is 9.78. The fourth-order valence-corrected chi connectivity index (χ4v) is 7.76. The van der Waals surface area contributed by atoms with Crippen molar-refractivity contribution in [2.24, 2.45) is 0 Å². The summed E-state index contributed by atoms with van der Waals surface area (Å²) in [5.74, 6) is 1.60. The fraction of sp³-hybridized carbons (Fsp3) is 0.0732. The van der Waals surface area contributed by atoms with Crippen molar-refractivity contribution in [3.8, 4) is 28.5 Å². The monoisotopic (exact) mass is 577 g/mol. The number of nitrogens with zero attached hydrogens (tertiary/aromatic N) is 3. The van der Waals surface area contributed by atoms with Gasteiger partial charge in [-0.05, 0) is 28.5 Å². The molecule has 0 atom stereocenters. The molecule has 0 radical (unpaired) electrons. The minimum absolute atomic E-state index is 0.218. The molecule has 0 unspecified atom stereocenters. The van der Waals surface area contributed by atoms with E-state index in [0.29, 0.717) is 5.95 Å². The molecule has 4 heteroatoms. The third-order valence-electron chi connectivity index (χ3n) is 9.78. The zero-order valence-electron chi connectivity index (χ0n) is 24.9. The van der Waals surface area contributed by atoms with Gasteiger partial charge in [0.1, 0.15) is 11.3 Å². The molecule has 0 saturated carbocycles. The summed E-state index contributed by atoms with van der Waals surface area (Å²) in [4.78, 5) is 10.5. The molecule has 4 nitrogen and oxygen atoms in total. The quantitative estimate of drug-likeness (QED) is 0.205. The summed E-state index contributed by atoms with van der Waals surface area (Å²) >= 11 is 0. The summed E-state index contributed by atoms with van der Waals surface area (Å²) in [7, 11) is 0. The summed E-state index contributed by atoms with van der Waals surface area (Å²) in [6, 6.07) is 44.8. The van der Waals surface area contributed by atoms with Crippen molar-refractivity contribution >= 4 is 54.5 Å². The lowest BCUT2D eigenvalue weighted by Crippen LogP contribution is -2.14. The van der Waals surface area contributed by atoms with Crippen LogP contribution in [0.4, 0.5) is 0 Å². The molecule has 45 heavy (non-hydrogen) atoms. The van der Waals surface area contributed by atoms with Crippen LogP contribution in [-0.2, 0) is 5.41 Å². The van der Waals surface area contributed by atoms with E-state index in [4.69, 9.17) is 14.4 Å². The van der Waals surface area contributed by atoms with Crippen LogP contribution in [0.3, 0.4) is 0 Å². The second-order valence-corrected chi connectivity index (χ2v) is 12.6. The highest BCUT2D eigenvalue weighted by atomic mass is 16.3. The maximum absolute atomic E-state index is 7.11. The molecule has 3 heterocycles. The number of benzene rings is 6. The Hall–Kier alpha value is -5.74. The topological polar surface area (TPSA) is 43.9 Å². The summed E-state index contributed by atoms with van der Waals surface area (Å²) in [5, 5.41) is 6.88. The first-order chi connectivity index (χ1) is 22.1. The highest BCUT2D eigenvalue weighted by Crippen LogP contribution is 2.56. The Labute approximate surface area is 259 Å². The largest absolute Gasteiger partial charge is 0.453 e. The SMILES string of the molecule is CC1(C)c2ccc3ccccc3c2-c2oc3c(ccc4c5ccccc5n(-c5nc(-c6ccccc6)c6ccccc6n5)c43)c21. The first kappa shape index (κ1) is 24.7. The molecule has 0 aliphatic heterocycles. The summed E-state index contributed by atoms with van der Waals surface area (Å²) in [6.45, 7) is 4.64. The van der Waals surface area contributed by atoms with Gasteiger partial charge >= 0.3 is 0 Å². The Balaban J connectivity index is 1.36. The summed E-state index contributed by atoms with van der Waals surface area (Å²) in [6.07, 6.45) is 0. The van der Waals surface area contributed by atoms with Gasteiger partial charge in [0.15, 0.2) is 5.58 Å². The van der Waals surface area contributed by atoms with E-state index in [1.807, 2.05) is 12.1 Å². The minimum atomic E-state index is -0.218. The zero-order valence-corrected chi connectivity index (χ0v) is 24.9. The summed E-state index contributed by atoms with van der Waals surface area (Å²) in [5.41, 5.74) is 9.34. The molecule has 3 aromatic heterocycles. The lowest BCUT2D eigenvalue weighted by atomic mass is 9.81. The van der Waals surface area contributed by atoms with Crippen LogP contribution in [0.1, 0.15) is 25.0 Å². The van der Waals surface area contributed by atoms with Crippen LogP contribution in [0, 0.1) is 0 Å². The maximum atomic E-state index is 7.11. The van der Waals surface area contributed by atoms with Crippen LogP contribution in [0.2, 0.25) is 0 Å². The molecule has 1 aliphatic rings. The molecular formula is C41H27N3O. The molecule has 0 N–H and O–H groups in total. The highest BCUT2D eigenvalue weighted by Gasteiger charge is 2.41. The molecule has 1 aliphatic carbocycles. The highest BCUT2D eigenvalue weighted by molar-refractivity contribution is 6.19. The van der Waals surface area contributed by atoms with Gasteiger partial charge in [-0.3, -0.25) is 4.57 Å². The standard InChI is InChI=1S/C41H27N3O/c1-41(2)31-23-20-24-12-6-7-15-26(24)34(31)39-35(41)30-22-21-28-27-16-9-11-19-33(27)44(37(28)38(30)45-39)40-42-32-18-10-8-17-29(32)36(43-40)25-13-4-3-5-14-25/h3-23H,1-2H3. The third kappa shape index (κ3) is 3.21. The predicted molar refractivity (Wildman–Crippen MR) is 184 cm³/mol.